The lowest BCUT2D eigenvalue weighted by molar-refractivity contribution is -0.118. The SMILES string of the molecule is COc1ccc(C)cc1C(CC(N)=O)C(C)C. The second-order valence-corrected chi connectivity index (χ2v) is 4.77. The summed E-state index contributed by atoms with van der Waals surface area (Å²) in [5.41, 5.74) is 7.55. The van der Waals surface area contributed by atoms with E-state index in [0.29, 0.717) is 12.3 Å². The highest BCUT2D eigenvalue weighted by Crippen LogP contribution is 2.34. The van der Waals surface area contributed by atoms with Crippen molar-refractivity contribution in [3.8, 4) is 5.75 Å². The van der Waals surface area contributed by atoms with Crippen LogP contribution in [0.25, 0.3) is 0 Å². The minimum atomic E-state index is -0.271. The number of primary amides is 1. The molecular weight excluding hydrogens is 214 g/mol. The topological polar surface area (TPSA) is 52.3 Å². The van der Waals surface area contributed by atoms with Gasteiger partial charge in [0.2, 0.25) is 5.91 Å². The Hall–Kier alpha value is -1.51. The van der Waals surface area contributed by atoms with E-state index in [2.05, 4.69) is 19.9 Å². The lowest BCUT2D eigenvalue weighted by atomic mass is 9.84. The third-order valence-corrected chi connectivity index (χ3v) is 3.01. The van der Waals surface area contributed by atoms with E-state index in [4.69, 9.17) is 10.5 Å². The highest BCUT2D eigenvalue weighted by Gasteiger charge is 2.21. The van der Waals surface area contributed by atoms with Crippen LogP contribution in [0.4, 0.5) is 0 Å². The maximum absolute atomic E-state index is 11.2. The Kier molecular flexibility index (Phi) is 4.55. The van der Waals surface area contributed by atoms with Gasteiger partial charge in [-0.3, -0.25) is 4.79 Å². The summed E-state index contributed by atoms with van der Waals surface area (Å²) in [6, 6.07) is 6.03. The molecule has 0 aliphatic rings. The van der Waals surface area contributed by atoms with Gasteiger partial charge in [0.05, 0.1) is 7.11 Å². The summed E-state index contributed by atoms with van der Waals surface area (Å²) in [5.74, 6) is 1.02. The summed E-state index contributed by atoms with van der Waals surface area (Å²) >= 11 is 0. The smallest absolute Gasteiger partial charge is 0.218 e. The Labute approximate surface area is 103 Å². The Morgan fingerprint density at radius 2 is 2.06 bits per heavy atom. The van der Waals surface area contributed by atoms with Crippen molar-refractivity contribution in [3.63, 3.8) is 0 Å². The molecule has 1 atom stereocenters. The number of nitrogens with two attached hydrogens (primary N) is 1. The van der Waals surface area contributed by atoms with Crippen LogP contribution in [0.5, 0.6) is 5.75 Å². The first-order valence-corrected chi connectivity index (χ1v) is 5.88. The van der Waals surface area contributed by atoms with Crippen molar-refractivity contribution in [2.75, 3.05) is 7.11 Å². The van der Waals surface area contributed by atoms with Gasteiger partial charge in [0.25, 0.3) is 0 Å². The van der Waals surface area contributed by atoms with E-state index in [9.17, 15) is 4.79 Å². The predicted molar refractivity (Wildman–Crippen MR) is 69.1 cm³/mol. The monoisotopic (exact) mass is 235 g/mol. The highest BCUT2D eigenvalue weighted by molar-refractivity contribution is 5.75. The standard InChI is InChI=1S/C14H21NO2/c1-9(2)11(8-14(15)16)12-7-10(3)5-6-13(12)17-4/h5-7,9,11H,8H2,1-4H3,(H2,15,16). The Morgan fingerprint density at radius 3 is 2.53 bits per heavy atom. The van der Waals surface area contributed by atoms with E-state index in [0.717, 1.165) is 16.9 Å². The number of rotatable bonds is 5. The number of hydrogen-bond acceptors (Lipinski definition) is 2. The van der Waals surface area contributed by atoms with Gasteiger partial charge in [-0.2, -0.15) is 0 Å². The molecule has 94 valence electrons. The van der Waals surface area contributed by atoms with Crippen molar-refractivity contribution in [2.45, 2.75) is 33.1 Å². The van der Waals surface area contributed by atoms with E-state index in [1.165, 1.54) is 0 Å². The van der Waals surface area contributed by atoms with Crippen molar-refractivity contribution < 1.29 is 9.53 Å². The molecule has 2 N–H and O–H groups in total. The number of hydrogen-bond donors (Lipinski definition) is 1. The zero-order valence-corrected chi connectivity index (χ0v) is 11.0. The molecule has 0 aliphatic carbocycles. The average Bonchev–Trinajstić information content (AvgIpc) is 2.25. The summed E-state index contributed by atoms with van der Waals surface area (Å²) in [7, 11) is 1.65. The quantitative estimate of drug-likeness (QED) is 0.853. The molecule has 0 aromatic heterocycles. The van der Waals surface area contributed by atoms with Crippen LogP contribution in [0, 0.1) is 12.8 Å². The normalized spacial score (nSPS) is 12.5. The second-order valence-electron chi connectivity index (χ2n) is 4.77. The average molecular weight is 235 g/mol. The van der Waals surface area contributed by atoms with Crippen molar-refractivity contribution >= 4 is 5.91 Å². The maximum Gasteiger partial charge on any atom is 0.218 e. The second kappa shape index (κ2) is 5.71. The van der Waals surface area contributed by atoms with Crippen molar-refractivity contribution in [1.29, 1.82) is 0 Å². The van der Waals surface area contributed by atoms with E-state index >= 15 is 0 Å². The molecule has 0 heterocycles. The summed E-state index contributed by atoms with van der Waals surface area (Å²) in [5, 5.41) is 0. The van der Waals surface area contributed by atoms with Crippen molar-refractivity contribution in [2.24, 2.45) is 11.7 Å². The maximum atomic E-state index is 11.2. The van der Waals surface area contributed by atoms with Crippen molar-refractivity contribution in [1.82, 2.24) is 0 Å². The molecule has 1 aromatic carbocycles. The van der Waals surface area contributed by atoms with Gasteiger partial charge < -0.3 is 10.5 Å². The Bertz CT molecular complexity index is 399. The minimum absolute atomic E-state index is 0.113. The van der Waals surface area contributed by atoms with Crippen LogP contribution in [-0.2, 0) is 4.79 Å². The van der Waals surface area contributed by atoms with Gasteiger partial charge in [-0.25, -0.2) is 0 Å². The third-order valence-electron chi connectivity index (χ3n) is 3.01. The van der Waals surface area contributed by atoms with E-state index in [1.807, 2.05) is 19.1 Å². The van der Waals surface area contributed by atoms with Crippen LogP contribution in [0.3, 0.4) is 0 Å². The van der Waals surface area contributed by atoms with Gasteiger partial charge in [0.15, 0.2) is 0 Å². The van der Waals surface area contributed by atoms with Crippen LogP contribution in [0.1, 0.15) is 37.3 Å². The first-order chi connectivity index (χ1) is 7.95. The zero-order valence-electron chi connectivity index (χ0n) is 11.0. The number of aryl methyl sites for hydroxylation is 1. The molecule has 0 bridgehead atoms. The van der Waals surface area contributed by atoms with E-state index in [1.54, 1.807) is 7.11 Å². The fourth-order valence-corrected chi connectivity index (χ4v) is 2.07. The fourth-order valence-electron chi connectivity index (χ4n) is 2.07. The Morgan fingerprint density at radius 1 is 1.41 bits per heavy atom. The highest BCUT2D eigenvalue weighted by atomic mass is 16.5. The van der Waals surface area contributed by atoms with Crippen LogP contribution in [-0.4, -0.2) is 13.0 Å². The van der Waals surface area contributed by atoms with Gasteiger partial charge in [0, 0.05) is 6.42 Å². The summed E-state index contributed by atoms with van der Waals surface area (Å²) in [6.07, 6.45) is 0.359. The molecule has 1 amide bonds. The number of methoxy groups -OCH3 is 1. The first kappa shape index (κ1) is 13.6. The summed E-state index contributed by atoms with van der Waals surface area (Å²) in [4.78, 5) is 11.2. The van der Waals surface area contributed by atoms with Gasteiger partial charge in [0.1, 0.15) is 5.75 Å². The third kappa shape index (κ3) is 3.48. The van der Waals surface area contributed by atoms with Gasteiger partial charge in [-0.15, -0.1) is 0 Å². The summed E-state index contributed by atoms with van der Waals surface area (Å²) < 4.78 is 5.36. The molecule has 0 fully saturated rings. The molecule has 1 rings (SSSR count). The van der Waals surface area contributed by atoms with Crippen LogP contribution in [0.2, 0.25) is 0 Å². The van der Waals surface area contributed by atoms with Gasteiger partial charge in [-0.05, 0) is 30.4 Å². The number of benzene rings is 1. The molecule has 0 aliphatic heterocycles. The van der Waals surface area contributed by atoms with Gasteiger partial charge >= 0.3 is 0 Å². The molecule has 0 radical (unpaired) electrons. The van der Waals surface area contributed by atoms with Crippen LogP contribution < -0.4 is 10.5 Å². The molecule has 0 spiro atoms. The largest absolute Gasteiger partial charge is 0.496 e. The van der Waals surface area contributed by atoms with E-state index in [-0.39, 0.29) is 11.8 Å². The molecule has 3 heteroatoms. The molecule has 1 aromatic rings. The molecule has 0 saturated carbocycles. The lowest BCUT2D eigenvalue weighted by Gasteiger charge is -2.22. The molecule has 1 unspecified atom stereocenters. The molecule has 17 heavy (non-hydrogen) atoms. The number of carbonyl (C=O) groups excluding carboxylic acids is 1. The number of ether oxygens (including phenoxy) is 1. The lowest BCUT2D eigenvalue weighted by Crippen LogP contribution is -2.19. The summed E-state index contributed by atoms with van der Waals surface area (Å²) in [6.45, 7) is 6.22. The number of amides is 1. The fraction of sp³-hybridized carbons (Fsp3) is 0.500. The molecule has 0 saturated heterocycles. The molecular formula is C14H21NO2. The van der Waals surface area contributed by atoms with Gasteiger partial charge in [-0.1, -0.05) is 31.5 Å². The van der Waals surface area contributed by atoms with Crippen molar-refractivity contribution in [3.05, 3.63) is 29.3 Å². The zero-order chi connectivity index (χ0) is 13.0. The van der Waals surface area contributed by atoms with Crippen LogP contribution >= 0.6 is 0 Å². The molecule has 3 nitrogen and oxygen atoms in total. The Balaban J connectivity index is 3.16. The minimum Gasteiger partial charge on any atom is -0.496 e. The number of carbonyl (C=O) groups is 1. The first-order valence-electron chi connectivity index (χ1n) is 5.88. The van der Waals surface area contributed by atoms with Crippen LogP contribution in [0.15, 0.2) is 18.2 Å². The van der Waals surface area contributed by atoms with E-state index < -0.39 is 0 Å². The predicted octanol–water partition coefficient (Wildman–Crippen LogP) is 2.62.